The van der Waals surface area contributed by atoms with E-state index in [1.54, 1.807) is 0 Å². The summed E-state index contributed by atoms with van der Waals surface area (Å²) in [5.74, 6) is 0.551. The Morgan fingerprint density at radius 1 is 1.35 bits per heavy atom. The number of hydrogen-bond acceptors (Lipinski definition) is 2. The van der Waals surface area contributed by atoms with Crippen LogP contribution in [0.2, 0.25) is 0 Å². The highest BCUT2D eigenvalue weighted by atomic mass is 16.1. The predicted molar refractivity (Wildman–Crippen MR) is 69.7 cm³/mol. The van der Waals surface area contributed by atoms with Crippen molar-refractivity contribution in [2.45, 2.75) is 39.3 Å². The SMILES string of the molecule is CC(C)C(=O)C1CCCN1Cc1ccccc1. The maximum Gasteiger partial charge on any atom is 0.152 e. The van der Waals surface area contributed by atoms with E-state index in [-0.39, 0.29) is 12.0 Å². The summed E-state index contributed by atoms with van der Waals surface area (Å²) in [5, 5.41) is 0. The van der Waals surface area contributed by atoms with E-state index in [4.69, 9.17) is 0 Å². The van der Waals surface area contributed by atoms with Crippen molar-refractivity contribution in [2.75, 3.05) is 6.54 Å². The van der Waals surface area contributed by atoms with Crippen molar-refractivity contribution in [3.63, 3.8) is 0 Å². The van der Waals surface area contributed by atoms with Gasteiger partial charge in [0.2, 0.25) is 0 Å². The van der Waals surface area contributed by atoms with Gasteiger partial charge in [-0.1, -0.05) is 44.2 Å². The molecule has 1 unspecified atom stereocenters. The van der Waals surface area contributed by atoms with Gasteiger partial charge in [0.1, 0.15) is 0 Å². The lowest BCUT2D eigenvalue weighted by Gasteiger charge is -2.24. The van der Waals surface area contributed by atoms with E-state index in [2.05, 4.69) is 29.2 Å². The minimum atomic E-state index is 0.148. The van der Waals surface area contributed by atoms with Crippen LogP contribution in [0.4, 0.5) is 0 Å². The quantitative estimate of drug-likeness (QED) is 0.794. The summed E-state index contributed by atoms with van der Waals surface area (Å²) in [6.45, 7) is 5.96. The zero-order chi connectivity index (χ0) is 12.3. The topological polar surface area (TPSA) is 20.3 Å². The normalized spacial score (nSPS) is 21.0. The zero-order valence-corrected chi connectivity index (χ0v) is 10.7. The molecule has 1 aromatic carbocycles. The van der Waals surface area contributed by atoms with E-state index in [1.807, 2.05) is 19.9 Å². The minimum Gasteiger partial charge on any atom is -0.298 e. The van der Waals surface area contributed by atoms with Crippen LogP contribution in [0.25, 0.3) is 0 Å². The van der Waals surface area contributed by atoms with Crippen molar-refractivity contribution < 1.29 is 4.79 Å². The van der Waals surface area contributed by atoms with Gasteiger partial charge in [-0.05, 0) is 24.9 Å². The van der Waals surface area contributed by atoms with Crippen LogP contribution in [-0.4, -0.2) is 23.3 Å². The molecule has 0 amide bonds. The fourth-order valence-electron chi connectivity index (χ4n) is 2.54. The van der Waals surface area contributed by atoms with Gasteiger partial charge in [-0.3, -0.25) is 9.69 Å². The fourth-order valence-corrected chi connectivity index (χ4v) is 2.54. The predicted octanol–water partition coefficient (Wildman–Crippen LogP) is 2.88. The first-order chi connectivity index (χ1) is 8.18. The van der Waals surface area contributed by atoms with Gasteiger partial charge in [-0.2, -0.15) is 0 Å². The Bertz CT molecular complexity index is 372. The number of hydrogen-bond donors (Lipinski definition) is 0. The van der Waals surface area contributed by atoms with Gasteiger partial charge in [0.25, 0.3) is 0 Å². The average Bonchev–Trinajstić information content (AvgIpc) is 2.77. The van der Waals surface area contributed by atoms with Crippen LogP contribution >= 0.6 is 0 Å². The highest BCUT2D eigenvalue weighted by Gasteiger charge is 2.31. The van der Waals surface area contributed by atoms with Crippen LogP contribution in [0.1, 0.15) is 32.3 Å². The second kappa shape index (κ2) is 5.46. The van der Waals surface area contributed by atoms with E-state index in [9.17, 15) is 4.79 Å². The monoisotopic (exact) mass is 231 g/mol. The number of carbonyl (C=O) groups is 1. The molecule has 2 nitrogen and oxygen atoms in total. The number of ketones is 1. The maximum atomic E-state index is 12.1. The molecular formula is C15H21NO. The van der Waals surface area contributed by atoms with Crippen LogP contribution < -0.4 is 0 Å². The second-order valence-corrected chi connectivity index (χ2v) is 5.17. The summed E-state index contributed by atoms with van der Waals surface area (Å²) in [7, 11) is 0. The van der Waals surface area contributed by atoms with Crippen LogP contribution in [0.5, 0.6) is 0 Å². The Labute approximate surface area is 104 Å². The Hall–Kier alpha value is -1.15. The van der Waals surface area contributed by atoms with E-state index < -0.39 is 0 Å². The molecule has 2 heteroatoms. The third-order valence-corrected chi connectivity index (χ3v) is 3.49. The van der Waals surface area contributed by atoms with E-state index >= 15 is 0 Å². The maximum absolute atomic E-state index is 12.1. The van der Waals surface area contributed by atoms with E-state index in [1.165, 1.54) is 5.56 Å². The highest BCUT2D eigenvalue weighted by Crippen LogP contribution is 2.22. The number of nitrogens with zero attached hydrogens (tertiary/aromatic N) is 1. The molecule has 92 valence electrons. The standard InChI is InChI=1S/C15H21NO/c1-12(2)15(17)14-9-6-10-16(14)11-13-7-4-3-5-8-13/h3-5,7-8,12,14H,6,9-11H2,1-2H3. The molecule has 0 saturated carbocycles. The van der Waals surface area contributed by atoms with Crippen molar-refractivity contribution in [3.8, 4) is 0 Å². The summed E-state index contributed by atoms with van der Waals surface area (Å²) < 4.78 is 0. The third kappa shape index (κ3) is 2.95. The van der Waals surface area contributed by atoms with Crippen LogP contribution in [0.15, 0.2) is 30.3 Å². The van der Waals surface area contributed by atoms with Crippen LogP contribution in [0.3, 0.4) is 0 Å². The number of likely N-dealkylation sites (tertiary alicyclic amines) is 1. The first-order valence-corrected chi connectivity index (χ1v) is 6.50. The molecule has 1 aromatic rings. The Morgan fingerprint density at radius 3 is 2.71 bits per heavy atom. The van der Waals surface area contributed by atoms with Crippen LogP contribution in [0, 0.1) is 5.92 Å². The van der Waals surface area contributed by atoms with Crippen molar-refractivity contribution in [1.29, 1.82) is 0 Å². The molecule has 1 heterocycles. The molecule has 2 rings (SSSR count). The summed E-state index contributed by atoms with van der Waals surface area (Å²) in [4.78, 5) is 14.4. The van der Waals surface area contributed by atoms with Gasteiger partial charge in [-0.25, -0.2) is 0 Å². The first kappa shape index (κ1) is 12.3. The van der Waals surface area contributed by atoms with Gasteiger partial charge >= 0.3 is 0 Å². The summed E-state index contributed by atoms with van der Waals surface area (Å²) >= 11 is 0. The summed E-state index contributed by atoms with van der Waals surface area (Å²) in [6, 6.07) is 10.6. The average molecular weight is 231 g/mol. The molecule has 17 heavy (non-hydrogen) atoms. The van der Waals surface area contributed by atoms with Crippen LogP contribution in [-0.2, 0) is 11.3 Å². The Kier molecular flexibility index (Phi) is 3.95. The number of Topliss-reactive ketones (excluding diaryl/α,β-unsaturated/α-hetero) is 1. The van der Waals surface area contributed by atoms with E-state index in [0.717, 1.165) is 25.9 Å². The van der Waals surface area contributed by atoms with E-state index in [0.29, 0.717) is 5.78 Å². The first-order valence-electron chi connectivity index (χ1n) is 6.50. The third-order valence-electron chi connectivity index (χ3n) is 3.49. The van der Waals surface area contributed by atoms with Crippen molar-refractivity contribution >= 4 is 5.78 Å². The Balaban J connectivity index is 2.03. The lowest BCUT2D eigenvalue weighted by molar-refractivity contribution is -0.126. The highest BCUT2D eigenvalue weighted by molar-refractivity contribution is 5.85. The zero-order valence-electron chi connectivity index (χ0n) is 10.7. The Morgan fingerprint density at radius 2 is 2.06 bits per heavy atom. The summed E-state index contributed by atoms with van der Waals surface area (Å²) in [6.07, 6.45) is 2.18. The lowest BCUT2D eigenvalue weighted by atomic mass is 9.99. The van der Waals surface area contributed by atoms with Gasteiger partial charge in [-0.15, -0.1) is 0 Å². The number of carbonyl (C=O) groups excluding carboxylic acids is 1. The molecule has 1 atom stereocenters. The smallest absolute Gasteiger partial charge is 0.152 e. The molecule has 0 aromatic heterocycles. The molecule has 0 radical (unpaired) electrons. The molecule has 1 saturated heterocycles. The van der Waals surface area contributed by atoms with Crippen molar-refractivity contribution in [3.05, 3.63) is 35.9 Å². The van der Waals surface area contributed by atoms with Gasteiger partial charge in [0.05, 0.1) is 6.04 Å². The summed E-state index contributed by atoms with van der Waals surface area (Å²) in [5.41, 5.74) is 1.30. The molecule has 0 N–H and O–H groups in total. The molecule has 0 bridgehead atoms. The van der Waals surface area contributed by atoms with Crippen molar-refractivity contribution in [2.24, 2.45) is 5.92 Å². The minimum absolute atomic E-state index is 0.148. The van der Waals surface area contributed by atoms with Crippen molar-refractivity contribution in [1.82, 2.24) is 4.90 Å². The molecule has 0 spiro atoms. The molecule has 0 aliphatic carbocycles. The number of benzene rings is 1. The van der Waals surface area contributed by atoms with Gasteiger partial charge in [0, 0.05) is 12.5 Å². The fraction of sp³-hybridized carbons (Fsp3) is 0.533. The second-order valence-electron chi connectivity index (χ2n) is 5.17. The van der Waals surface area contributed by atoms with Gasteiger partial charge < -0.3 is 0 Å². The largest absolute Gasteiger partial charge is 0.298 e. The molecule has 1 fully saturated rings. The number of rotatable bonds is 4. The molecule has 1 aliphatic heterocycles. The van der Waals surface area contributed by atoms with Gasteiger partial charge in [0.15, 0.2) is 5.78 Å². The molecule has 1 aliphatic rings. The molecular weight excluding hydrogens is 210 g/mol. The lowest BCUT2D eigenvalue weighted by Crippen LogP contribution is -2.37.